The van der Waals surface area contributed by atoms with Crippen LogP contribution in [0.15, 0.2) is 10.2 Å². The van der Waals surface area contributed by atoms with Crippen LogP contribution in [-0.2, 0) is 0 Å². The number of nitrogens with one attached hydrogen (secondary N) is 2. The molecule has 0 aromatic carbocycles. The van der Waals surface area contributed by atoms with Crippen molar-refractivity contribution in [2.75, 3.05) is 0 Å². The molecule has 0 fully saturated rings. The second-order valence-corrected chi connectivity index (χ2v) is 3.24. The molecule has 0 saturated heterocycles. The Labute approximate surface area is 74.4 Å². The Bertz CT molecular complexity index is 410. The fourth-order valence-corrected chi connectivity index (χ4v) is 1.72. The van der Waals surface area contributed by atoms with Crippen LogP contribution < -0.4 is 5.69 Å². The first kappa shape index (κ1) is 9.06. The molecule has 12 heavy (non-hydrogen) atoms. The number of aryl methyl sites for hydroxylation is 1. The number of rotatable bonds is 0. The highest BCUT2D eigenvalue weighted by Crippen LogP contribution is 2.18. The van der Waals surface area contributed by atoms with Crippen molar-refractivity contribution >= 4 is 22.4 Å². The molecule has 0 aliphatic heterocycles. The molecule has 0 amide bonds. The van der Waals surface area contributed by atoms with Crippen LogP contribution >= 0.6 is 11.3 Å². The Kier molecular flexibility index (Phi) is 2.70. The minimum atomic E-state index is -0.124. The van der Waals surface area contributed by atoms with Gasteiger partial charge in [0.2, 0.25) is 0 Å². The third kappa shape index (κ3) is 1.43. The van der Waals surface area contributed by atoms with Crippen LogP contribution in [0.5, 0.6) is 0 Å². The van der Waals surface area contributed by atoms with E-state index in [1.165, 1.54) is 0 Å². The Balaban J connectivity index is 0.000000336. The molecular weight excluding hydrogens is 172 g/mol. The number of hydrogen-bond acceptors (Lipinski definition) is 2. The Morgan fingerprint density at radius 2 is 2.00 bits per heavy atom. The summed E-state index contributed by atoms with van der Waals surface area (Å²) in [5.41, 5.74) is 1.73. The van der Waals surface area contributed by atoms with Gasteiger partial charge in [-0.2, -0.15) is 0 Å². The van der Waals surface area contributed by atoms with E-state index in [2.05, 4.69) is 9.97 Å². The lowest BCUT2D eigenvalue weighted by atomic mass is 10.4. The second kappa shape index (κ2) is 3.58. The van der Waals surface area contributed by atoms with E-state index in [-0.39, 0.29) is 5.69 Å². The van der Waals surface area contributed by atoms with Gasteiger partial charge in [-0.3, -0.25) is 0 Å². The summed E-state index contributed by atoms with van der Waals surface area (Å²) in [4.78, 5) is 17.2. The van der Waals surface area contributed by atoms with Gasteiger partial charge >= 0.3 is 5.69 Å². The summed E-state index contributed by atoms with van der Waals surface area (Å²) in [6, 6.07) is 0. The van der Waals surface area contributed by atoms with Crippen molar-refractivity contribution in [2.24, 2.45) is 0 Å². The van der Waals surface area contributed by atoms with Gasteiger partial charge in [0.05, 0.1) is 11.0 Å². The number of hydrogen-bond donors (Lipinski definition) is 2. The van der Waals surface area contributed by atoms with E-state index in [0.717, 1.165) is 15.9 Å². The summed E-state index contributed by atoms with van der Waals surface area (Å²) in [5, 5.41) is 1.93. The molecular formula is C8H12N2OS. The first-order valence-electron chi connectivity index (χ1n) is 3.93. The summed E-state index contributed by atoms with van der Waals surface area (Å²) >= 11 is 1.63. The molecule has 0 aliphatic rings. The Hall–Kier alpha value is -1.03. The normalized spacial score (nSPS) is 9.58. The first-order chi connectivity index (χ1) is 5.77. The van der Waals surface area contributed by atoms with Crippen LogP contribution in [0.1, 0.15) is 18.7 Å². The van der Waals surface area contributed by atoms with Crippen molar-refractivity contribution in [2.45, 2.75) is 20.8 Å². The van der Waals surface area contributed by atoms with E-state index < -0.39 is 0 Å². The SMILES string of the molecule is CC.Cc1scc2[nH]c(=O)[nH]c12. The average molecular weight is 184 g/mol. The van der Waals surface area contributed by atoms with Gasteiger partial charge in [-0.15, -0.1) is 11.3 Å². The zero-order valence-corrected chi connectivity index (χ0v) is 8.21. The van der Waals surface area contributed by atoms with E-state index in [1.54, 1.807) is 11.3 Å². The van der Waals surface area contributed by atoms with Crippen molar-refractivity contribution in [3.8, 4) is 0 Å². The van der Waals surface area contributed by atoms with Crippen molar-refractivity contribution in [3.05, 3.63) is 20.7 Å². The van der Waals surface area contributed by atoms with Gasteiger partial charge in [-0.05, 0) is 6.92 Å². The Morgan fingerprint density at radius 3 is 2.58 bits per heavy atom. The van der Waals surface area contributed by atoms with E-state index in [9.17, 15) is 4.79 Å². The summed E-state index contributed by atoms with van der Waals surface area (Å²) in [6.45, 7) is 5.98. The maximum Gasteiger partial charge on any atom is 0.323 e. The molecule has 2 rings (SSSR count). The fraction of sp³-hybridized carbons (Fsp3) is 0.375. The summed E-state index contributed by atoms with van der Waals surface area (Å²) in [7, 11) is 0. The van der Waals surface area contributed by atoms with E-state index in [0.29, 0.717) is 0 Å². The van der Waals surface area contributed by atoms with Crippen molar-refractivity contribution in [1.82, 2.24) is 9.97 Å². The molecule has 4 heteroatoms. The smallest absolute Gasteiger partial charge is 0.305 e. The molecule has 0 aliphatic carbocycles. The van der Waals surface area contributed by atoms with Gasteiger partial charge in [-0.1, -0.05) is 13.8 Å². The number of aromatic amines is 2. The highest BCUT2D eigenvalue weighted by molar-refractivity contribution is 7.11. The minimum Gasteiger partial charge on any atom is -0.305 e. The molecule has 2 N–H and O–H groups in total. The van der Waals surface area contributed by atoms with Gasteiger partial charge in [0.1, 0.15) is 0 Å². The average Bonchev–Trinajstić information content (AvgIpc) is 2.58. The van der Waals surface area contributed by atoms with E-state index in [4.69, 9.17) is 0 Å². The van der Waals surface area contributed by atoms with Gasteiger partial charge in [0.25, 0.3) is 0 Å². The summed E-state index contributed by atoms with van der Waals surface area (Å²) in [5.74, 6) is 0. The number of fused-ring (bicyclic) bond motifs is 1. The molecule has 0 saturated carbocycles. The Morgan fingerprint density at radius 1 is 1.33 bits per heavy atom. The molecule has 0 radical (unpaired) electrons. The minimum absolute atomic E-state index is 0.124. The maximum absolute atomic E-state index is 10.7. The second-order valence-electron chi connectivity index (χ2n) is 2.16. The zero-order chi connectivity index (χ0) is 9.14. The molecule has 66 valence electrons. The van der Waals surface area contributed by atoms with Gasteiger partial charge in [0, 0.05) is 10.3 Å². The number of aromatic nitrogens is 2. The van der Waals surface area contributed by atoms with Gasteiger partial charge in [-0.25, -0.2) is 4.79 Å². The van der Waals surface area contributed by atoms with Crippen LogP contribution in [0, 0.1) is 6.92 Å². The van der Waals surface area contributed by atoms with Crippen LogP contribution in [-0.4, -0.2) is 9.97 Å². The first-order valence-corrected chi connectivity index (χ1v) is 4.81. The molecule has 2 heterocycles. The highest BCUT2D eigenvalue weighted by atomic mass is 32.1. The van der Waals surface area contributed by atoms with Crippen LogP contribution in [0.3, 0.4) is 0 Å². The predicted octanol–water partition coefficient (Wildman–Crippen LogP) is 2.25. The van der Waals surface area contributed by atoms with Gasteiger partial charge < -0.3 is 9.97 Å². The summed E-state index contributed by atoms with van der Waals surface area (Å²) < 4.78 is 0. The fourth-order valence-electron chi connectivity index (χ4n) is 0.969. The molecule has 0 atom stereocenters. The highest BCUT2D eigenvalue weighted by Gasteiger charge is 2.01. The quantitative estimate of drug-likeness (QED) is 0.648. The molecule has 3 nitrogen and oxygen atoms in total. The van der Waals surface area contributed by atoms with Crippen LogP contribution in [0.25, 0.3) is 11.0 Å². The molecule has 2 aromatic rings. The predicted molar refractivity (Wildman–Crippen MR) is 52.9 cm³/mol. The maximum atomic E-state index is 10.7. The lowest BCUT2D eigenvalue weighted by Gasteiger charge is -1.76. The molecule has 2 aromatic heterocycles. The van der Waals surface area contributed by atoms with Crippen molar-refractivity contribution in [1.29, 1.82) is 0 Å². The lowest BCUT2D eigenvalue weighted by molar-refractivity contribution is 1.21. The van der Waals surface area contributed by atoms with Gasteiger partial charge in [0.15, 0.2) is 0 Å². The van der Waals surface area contributed by atoms with E-state index in [1.807, 2.05) is 26.2 Å². The third-order valence-electron chi connectivity index (χ3n) is 1.46. The third-order valence-corrected chi connectivity index (χ3v) is 2.37. The van der Waals surface area contributed by atoms with Crippen LogP contribution in [0.4, 0.5) is 0 Å². The number of H-pyrrole nitrogens is 2. The topological polar surface area (TPSA) is 48.6 Å². The lowest BCUT2D eigenvalue weighted by Crippen LogP contribution is -1.99. The molecule has 0 unspecified atom stereocenters. The zero-order valence-electron chi connectivity index (χ0n) is 7.39. The van der Waals surface area contributed by atoms with Crippen LogP contribution in [0.2, 0.25) is 0 Å². The van der Waals surface area contributed by atoms with Crippen molar-refractivity contribution < 1.29 is 0 Å². The number of thiophene rings is 1. The van der Waals surface area contributed by atoms with E-state index >= 15 is 0 Å². The standard InChI is InChI=1S/C6H6N2OS.C2H6/c1-3-5-4(2-10-3)7-6(9)8-5;1-2/h2H,1H3,(H2,7,8,9);1-2H3. The molecule has 0 bridgehead atoms. The summed E-state index contributed by atoms with van der Waals surface area (Å²) in [6.07, 6.45) is 0. The number of imidazole rings is 1. The van der Waals surface area contributed by atoms with Crippen molar-refractivity contribution in [3.63, 3.8) is 0 Å². The largest absolute Gasteiger partial charge is 0.323 e. The monoisotopic (exact) mass is 184 g/mol. The molecule has 0 spiro atoms.